The summed E-state index contributed by atoms with van der Waals surface area (Å²) in [6.07, 6.45) is 2.96. The highest BCUT2D eigenvalue weighted by Crippen LogP contribution is 2.15. The van der Waals surface area contributed by atoms with Crippen molar-refractivity contribution in [2.75, 3.05) is 19.8 Å². The second-order valence-corrected chi connectivity index (χ2v) is 5.71. The quantitative estimate of drug-likeness (QED) is 0.859. The Balaban J connectivity index is 1.43. The zero-order chi connectivity index (χ0) is 15.4. The van der Waals surface area contributed by atoms with E-state index in [1.807, 2.05) is 0 Å². The number of nitrogens with zero attached hydrogens (tertiary/aromatic N) is 1. The lowest BCUT2D eigenvalue weighted by molar-refractivity contribution is -0.121. The summed E-state index contributed by atoms with van der Waals surface area (Å²) in [5, 5.41) is 2.93. The Hall–Kier alpha value is -1.95. The molecule has 118 valence electrons. The van der Waals surface area contributed by atoms with Crippen molar-refractivity contribution < 1.29 is 13.9 Å². The minimum atomic E-state index is -0.295. The number of benzene rings is 1. The highest BCUT2D eigenvalue weighted by atomic mass is 19.1. The fourth-order valence-corrected chi connectivity index (χ4v) is 2.70. The third-order valence-corrected chi connectivity index (χ3v) is 3.98. The fourth-order valence-electron chi connectivity index (χ4n) is 2.70. The van der Waals surface area contributed by atoms with Gasteiger partial charge in [0, 0.05) is 32.6 Å². The third-order valence-electron chi connectivity index (χ3n) is 3.98. The second-order valence-electron chi connectivity index (χ2n) is 5.71. The van der Waals surface area contributed by atoms with Gasteiger partial charge >= 0.3 is 0 Å². The summed E-state index contributed by atoms with van der Waals surface area (Å²) in [5.41, 5.74) is 1.38. The average Bonchev–Trinajstić information content (AvgIpc) is 3.13. The number of hydrogen-bond acceptors (Lipinski definition) is 3. The molecule has 2 aromatic rings. The molecule has 1 fully saturated rings. The highest BCUT2D eigenvalue weighted by molar-refractivity contribution is 5.77. The molecule has 6 heteroatoms. The number of carbonyl (C=O) groups excluding carboxylic acids is 1. The van der Waals surface area contributed by atoms with Crippen LogP contribution >= 0.6 is 0 Å². The number of aromatic amines is 1. The van der Waals surface area contributed by atoms with Crippen LogP contribution in [0, 0.1) is 11.7 Å². The van der Waals surface area contributed by atoms with Crippen LogP contribution in [0.1, 0.15) is 25.1 Å². The number of halogens is 1. The lowest BCUT2D eigenvalue weighted by atomic mass is 10.1. The topological polar surface area (TPSA) is 67.0 Å². The van der Waals surface area contributed by atoms with E-state index in [4.69, 9.17) is 4.74 Å². The van der Waals surface area contributed by atoms with Crippen LogP contribution in [0.4, 0.5) is 4.39 Å². The highest BCUT2D eigenvalue weighted by Gasteiger charge is 2.15. The van der Waals surface area contributed by atoms with Crippen molar-refractivity contribution in [3.63, 3.8) is 0 Å². The van der Waals surface area contributed by atoms with Crippen molar-refractivity contribution in [1.82, 2.24) is 15.3 Å². The van der Waals surface area contributed by atoms with E-state index in [2.05, 4.69) is 15.3 Å². The minimum Gasteiger partial charge on any atom is -0.381 e. The number of hydrogen-bond donors (Lipinski definition) is 2. The number of rotatable bonds is 6. The molecule has 1 atom stereocenters. The first kappa shape index (κ1) is 15.0. The summed E-state index contributed by atoms with van der Waals surface area (Å²) in [4.78, 5) is 19.2. The van der Waals surface area contributed by atoms with E-state index in [9.17, 15) is 9.18 Å². The Morgan fingerprint density at radius 3 is 3.23 bits per heavy atom. The van der Waals surface area contributed by atoms with Gasteiger partial charge in [-0.05, 0) is 37.0 Å². The number of aryl methyl sites for hydroxylation is 1. The van der Waals surface area contributed by atoms with Crippen LogP contribution in [0.2, 0.25) is 0 Å². The molecule has 2 heterocycles. The van der Waals surface area contributed by atoms with Gasteiger partial charge in [0.05, 0.1) is 11.0 Å². The first-order chi connectivity index (χ1) is 10.7. The van der Waals surface area contributed by atoms with E-state index in [-0.39, 0.29) is 11.7 Å². The molecular weight excluding hydrogens is 285 g/mol. The molecule has 1 aliphatic rings. The third kappa shape index (κ3) is 3.82. The monoisotopic (exact) mass is 305 g/mol. The second kappa shape index (κ2) is 6.87. The number of aromatic nitrogens is 2. The van der Waals surface area contributed by atoms with E-state index in [0.717, 1.165) is 31.6 Å². The molecule has 1 amide bonds. The summed E-state index contributed by atoms with van der Waals surface area (Å²) >= 11 is 0. The predicted molar refractivity (Wildman–Crippen MR) is 80.9 cm³/mol. The van der Waals surface area contributed by atoms with Gasteiger partial charge in [-0.15, -0.1) is 0 Å². The van der Waals surface area contributed by atoms with Gasteiger partial charge in [0.2, 0.25) is 5.91 Å². The molecule has 0 spiro atoms. The molecule has 0 unspecified atom stereocenters. The lowest BCUT2D eigenvalue weighted by Crippen LogP contribution is -2.26. The molecule has 3 rings (SSSR count). The predicted octanol–water partition coefficient (Wildman–Crippen LogP) is 2.18. The molecule has 1 aromatic carbocycles. The van der Waals surface area contributed by atoms with Crippen LogP contribution < -0.4 is 5.32 Å². The first-order valence-electron chi connectivity index (χ1n) is 7.69. The number of carbonyl (C=O) groups is 1. The van der Waals surface area contributed by atoms with Gasteiger partial charge in [-0.1, -0.05) is 0 Å². The van der Waals surface area contributed by atoms with Crippen LogP contribution in [-0.4, -0.2) is 35.6 Å². The largest absolute Gasteiger partial charge is 0.381 e. The van der Waals surface area contributed by atoms with E-state index >= 15 is 0 Å². The van der Waals surface area contributed by atoms with Gasteiger partial charge in [0.15, 0.2) is 0 Å². The molecule has 0 bridgehead atoms. The maximum absolute atomic E-state index is 13.1. The van der Waals surface area contributed by atoms with Crippen LogP contribution in [-0.2, 0) is 16.0 Å². The summed E-state index contributed by atoms with van der Waals surface area (Å²) in [5.74, 6) is 1.01. The maximum Gasteiger partial charge on any atom is 0.220 e. The molecule has 1 aromatic heterocycles. The molecular formula is C16H20FN3O2. The lowest BCUT2D eigenvalue weighted by Gasteiger charge is -2.08. The number of fused-ring (bicyclic) bond motifs is 1. The van der Waals surface area contributed by atoms with Crippen LogP contribution in [0.5, 0.6) is 0 Å². The standard InChI is InChI=1S/C16H20FN3O2/c17-12-1-2-13-14(9-12)20-15(19-13)3-4-16(21)18-7-5-11-6-8-22-10-11/h1-2,9,11H,3-8,10H2,(H,18,21)(H,19,20)/t11-/m1/s1. The molecule has 1 aliphatic heterocycles. The van der Waals surface area contributed by atoms with E-state index in [0.29, 0.717) is 36.6 Å². The Kier molecular flexibility index (Phi) is 4.68. The molecule has 22 heavy (non-hydrogen) atoms. The SMILES string of the molecule is O=C(CCc1nc2ccc(F)cc2[nH]1)NCC[C@@H]1CCOC1. The van der Waals surface area contributed by atoms with Crippen LogP contribution in [0.25, 0.3) is 11.0 Å². The molecule has 0 aliphatic carbocycles. The van der Waals surface area contributed by atoms with Gasteiger partial charge in [0.25, 0.3) is 0 Å². The number of H-pyrrole nitrogens is 1. The summed E-state index contributed by atoms with van der Waals surface area (Å²) in [6.45, 7) is 2.34. The Morgan fingerprint density at radius 2 is 2.41 bits per heavy atom. The molecule has 5 nitrogen and oxygen atoms in total. The number of nitrogens with one attached hydrogen (secondary N) is 2. The van der Waals surface area contributed by atoms with Gasteiger partial charge < -0.3 is 15.0 Å². The van der Waals surface area contributed by atoms with E-state index < -0.39 is 0 Å². The van der Waals surface area contributed by atoms with Crippen molar-refractivity contribution in [3.8, 4) is 0 Å². The van der Waals surface area contributed by atoms with Crippen molar-refractivity contribution >= 4 is 16.9 Å². The van der Waals surface area contributed by atoms with Crippen molar-refractivity contribution in [1.29, 1.82) is 0 Å². The zero-order valence-electron chi connectivity index (χ0n) is 12.4. The Morgan fingerprint density at radius 1 is 1.50 bits per heavy atom. The zero-order valence-corrected chi connectivity index (χ0v) is 12.4. The molecule has 1 saturated heterocycles. The summed E-state index contributed by atoms with van der Waals surface area (Å²) in [6, 6.07) is 4.43. The number of amides is 1. The maximum atomic E-state index is 13.1. The Labute approximate surface area is 128 Å². The van der Waals surface area contributed by atoms with E-state index in [1.165, 1.54) is 12.1 Å². The summed E-state index contributed by atoms with van der Waals surface area (Å²) in [7, 11) is 0. The van der Waals surface area contributed by atoms with Crippen LogP contribution in [0.15, 0.2) is 18.2 Å². The molecule has 2 N–H and O–H groups in total. The Bertz CT molecular complexity index is 650. The van der Waals surface area contributed by atoms with Gasteiger partial charge in [-0.25, -0.2) is 9.37 Å². The average molecular weight is 305 g/mol. The fraction of sp³-hybridized carbons (Fsp3) is 0.500. The number of ether oxygens (including phenoxy) is 1. The smallest absolute Gasteiger partial charge is 0.220 e. The normalized spacial score (nSPS) is 18.0. The van der Waals surface area contributed by atoms with Crippen molar-refractivity contribution in [2.45, 2.75) is 25.7 Å². The number of imidazole rings is 1. The van der Waals surface area contributed by atoms with Gasteiger partial charge in [0.1, 0.15) is 11.6 Å². The van der Waals surface area contributed by atoms with E-state index in [1.54, 1.807) is 6.07 Å². The summed E-state index contributed by atoms with van der Waals surface area (Å²) < 4.78 is 18.4. The minimum absolute atomic E-state index is 0.0190. The van der Waals surface area contributed by atoms with Crippen molar-refractivity contribution in [3.05, 3.63) is 29.8 Å². The van der Waals surface area contributed by atoms with Gasteiger partial charge in [-0.3, -0.25) is 4.79 Å². The molecule has 0 radical (unpaired) electrons. The molecule has 0 saturated carbocycles. The first-order valence-corrected chi connectivity index (χ1v) is 7.69. The van der Waals surface area contributed by atoms with Gasteiger partial charge in [-0.2, -0.15) is 0 Å². The van der Waals surface area contributed by atoms with Crippen molar-refractivity contribution in [2.24, 2.45) is 5.92 Å². The van der Waals surface area contributed by atoms with Crippen LogP contribution in [0.3, 0.4) is 0 Å².